The quantitative estimate of drug-likeness (QED) is 0.539. The van der Waals surface area contributed by atoms with Gasteiger partial charge in [-0.1, -0.05) is 0 Å². The van der Waals surface area contributed by atoms with Crippen LogP contribution in [0.2, 0.25) is 0 Å². The van der Waals surface area contributed by atoms with E-state index in [1.807, 2.05) is 4.90 Å². The zero-order chi connectivity index (χ0) is 21.7. The first-order chi connectivity index (χ1) is 14.2. The largest absolute Gasteiger partial charge is 0.450 e. The van der Waals surface area contributed by atoms with Gasteiger partial charge in [-0.2, -0.15) is 13.2 Å². The van der Waals surface area contributed by atoms with Crippen LogP contribution in [-0.4, -0.2) is 54.7 Å². The van der Waals surface area contributed by atoms with E-state index in [2.05, 4.69) is 10.6 Å². The second kappa shape index (κ2) is 7.40. The highest BCUT2D eigenvalue weighted by molar-refractivity contribution is 5.94. The fourth-order valence-electron chi connectivity index (χ4n) is 5.18. The maximum Gasteiger partial charge on any atom is 0.419 e. The number of ether oxygens (including phenoxy) is 1. The molecular weight excluding hydrogens is 406 g/mol. The number of alkyl halides is 3. The van der Waals surface area contributed by atoms with Gasteiger partial charge in [0.2, 0.25) is 0 Å². The molecule has 4 unspecified atom stereocenters. The van der Waals surface area contributed by atoms with Gasteiger partial charge in [0.25, 0.3) is 5.91 Å². The van der Waals surface area contributed by atoms with Crippen molar-refractivity contribution in [2.24, 2.45) is 5.41 Å². The van der Waals surface area contributed by atoms with Crippen LogP contribution in [0.5, 0.6) is 0 Å². The van der Waals surface area contributed by atoms with E-state index in [1.54, 1.807) is 6.92 Å². The molecule has 1 spiro atoms. The van der Waals surface area contributed by atoms with E-state index in [0.717, 1.165) is 25.3 Å². The van der Waals surface area contributed by atoms with Gasteiger partial charge in [0.15, 0.2) is 0 Å². The van der Waals surface area contributed by atoms with E-state index in [-0.39, 0.29) is 41.7 Å². The minimum Gasteiger partial charge on any atom is -0.450 e. The predicted molar refractivity (Wildman–Crippen MR) is 98.2 cm³/mol. The lowest BCUT2D eigenvalue weighted by atomic mass is 9.40. The standard InChI is InChI=1S/C20H23F4N3O3/c1-2-30-18(29)27-15-5-6-19(15)14(10-16(19)27)25-7-8-26-17(28)11-3-4-13(21)12(9-11)20(22,23)24/h3-4,9,14-16,25H,2,5-8,10H2,1H3,(H,26,28). The Balaban J connectivity index is 1.25. The van der Waals surface area contributed by atoms with Crippen molar-refractivity contribution in [3.8, 4) is 0 Å². The van der Waals surface area contributed by atoms with Gasteiger partial charge in [-0.05, 0) is 44.4 Å². The monoisotopic (exact) mass is 429 g/mol. The van der Waals surface area contributed by atoms with Crippen LogP contribution in [0.1, 0.15) is 42.1 Å². The van der Waals surface area contributed by atoms with Crippen molar-refractivity contribution < 1.29 is 31.9 Å². The van der Waals surface area contributed by atoms with Crippen molar-refractivity contribution in [3.05, 3.63) is 35.1 Å². The Morgan fingerprint density at radius 3 is 2.63 bits per heavy atom. The molecule has 30 heavy (non-hydrogen) atoms. The number of likely N-dealkylation sites (tertiary alicyclic amines) is 1. The predicted octanol–water partition coefficient (Wildman–Crippen LogP) is 2.93. The van der Waals surface area contributed by atoms with Gasteiger partial charge in [-0.3, -0.25) is 4.79 Å². The summed E-state index contributed by atoms with van der Waals surface area (Å²) in [4.78, 5) is 26.0. The van der Waals surface area contributed by atoms with Gasteiger partial charge < -0.3 is 20.3 Å². The molecule has 1 aromatic rings. The van der Waals surface area contributed by atoms with Gasteiger partial charge in [-0.25, -0.2) is 9.18 Å². The molecular formula is C20H23F4N3O3. The third-order valence-corrected chi connectivity index (χ3v) is 6.68. The average molecular weight is 429 g/mol. The Morgan fingerprint density at radius 1 is 1.27 bits per heavy atom. The molecule has 4 rings (SSSR count). The summed E-state index contributed by atoms with van der Waals surface area (Å²) in [5, 5.41) is 5.94. The molecule has 3 fully saturated rings. The maximum atomic E-state index is 13.3. The van der Waals surface area contributed by atoms with E-state index >= 15 is 0 Å². The first-order valence-electron chi connectivity index (χ1n) is 10.0. The molecule has 3 aliphatic rings. The van der Waals surface area contributed by atoms with Crippen molar-refractivity contribution in [1.29, 1.82) is 0 Å². The summed E-state index contributed by atoms with van der Waals surface area (Å²) in [6, 6.07) is 2.83. The normalized spacial score (nSPS) is 29.0. The zero-order valence-electron chi connectivity index (χ0n) is 16.4. The van der Waals surface area contributed by atoms with E-state index in [0.29, 0.717) is 25.3 Å². The fourth-order valence-corrected chi connectivity index (χ4v) is 5.18. The Hall–Kier alpha value is -2.36. The minimum absolute atomic E-state index is 0.0926. The van der Waals surface area contributed by atoms with Crippen molar-refractivity contribution in [2.45, 2.75) is 50.5 Å². The van der Waals surface area contributed by atoms with Crippen LogP contribution in [0, 0.1) is 11.2 Å². The Labute approximate surface area is 170 Å². The Morgan fingerprint density at radius 2 is 2.03 bits per heavy atom. The van der Waals surface area contributed by atoms with Crippen molar-refractivity contribution in [2.75, 3.05) is 19.7 Å². The van der Waals surface area contributed by atoms with Crippen LogP contribution in [-0.2, 0) is 10.9 Å². The number of piperidine rings is 2. The molecule has 1 heterocycles. The number of benzene rings is 1. The van der Waals surface area contributed by atoms with E-state index in [1.165, 1.54) is 0 Å². The Kier molecular flexibility index (Phi) is 5.16. The van der Waals surface area contributed by atoms with E-state index in [9.17, 15) is 27.2 Å². The van der Waals surface area contributed by atoms with Crippen LogP contribution >= 0.6 is 0 Å². The van der Waals surface area contributed by atoms with Crippen LogP contribution in [0.25, 0.3) is 0 Å². The number of hydrogen-bond donors (Lipinski definition) is 2. The van der Waals surface area contributed by atoms with E-state index < -0.39 is 23.5 Å². The number of carbonyl (C=O) groups is 2. The van der Waals surface area contributed by atoms with Gasteiger partial charge in [0.1, 0.15) is 5.82 Å². The average Bonchev–Trinajstić information content (AvgIpc) is 2.64. The molecule has 0 radical (unpaired) electrons. The summed E-state index contributed by atoms with van der Waals surface area (Å²) in [7, 11) is 0. The van der Waals surface area contributed by atoms with Gasteiger partial charge in [0, 0.05) is 42.2 Å². The van der Waals surface area contributed by atoms with Crippen LogP contribution < -0.4 is 10.6 Å². The topological polar surface area (TPSA) is 70.7 Å². The molecule has 1 saturated heterocycles. The highest BCUT2D eigenvalue weighted by Crippen LogP contribution is 2.68. The number of nitrogens with one attached hydrogen (secondary N) is 2. The lowest BCUT2D eigenvalue weighted by Crippen LogP contribution is -2.89. The second-order valence-corrected chi connectivity index (χ2v) is 7.98. The SMILES string of the molecule is CCOC(=O)N1C2CCC23C(NCCNC(=O)c2ccc(F)c(C(F)(F)F)c2)CC13. The van der Waals surface area contributed by atoms with Gasteiger partial charge >= 0.3 is 12.3 Å². The summed E-state index contributed by atoms with van der Waals surface area (Å²) in [6.07, 6.45) is -2.31. The first kappa shape index (κ1) is 20.9. The number of halogens is 4. The van der Waals surface area contributed by atoms with Crippen molar-refractivity contribution in [3.63, 3.8) is 0 Å². The molecule has 6 nitrogen and oxygen atoms in total. The smallest absolute Gasteiger partial charge is 0.419 e. The molecule has 2 amide bonds. The number of carbonyl (C=O) groups excluding carboxylic acids is 2. The summed E-state index contributed by atoms with van der Waals surface area (Å²) >= 11 is 0. The molecule has 2 aliphatic carbocycles. The van der Waals surface area contributed by atoms with E-state index in [4.69, 9.17) is 4.74 Å². The summed E-state index contributed by atoms with van der Waals surface area (Å²) in [5.41, 5.74) is -1.61. The lowest BCUT2D eigenvalue weighted by molar-refractivity contribution is -0.264. The minimum atomic E-state index is -4.86. The third kappa shape index (κ3) is 3.12. The molecule has 0 aromatic heterocycles. The van der Waals surface area contributed by atoms with Crippen LogP contribution in [0.4, 0.5) is 22.4 Å². The maximum absolute atomic E-state index is 13.3. The van der Waals surface area contributed by atoms with Crippen molar-refractivity contribution in [1.82, 2.24) is 15.5 Å². The molecule has 10 heteroatoms. The number of rotatable bonds is 6. The zero-order valence-corrected chi connectivity index (χ0v) is 16.4. The van der Waals surface area contributed by atoms with Crippen molar-refractivity contribution >= 4 is 12.0 Å². The first-order valence-corrected chi connectivity index (χ1v) is 10.0. The molecule has 2 N–H and O–H groups in total. The van der Waals surface area contributed by atoms with Crippen LogP contribution in [0.3, 0.4) is 0 Å². The van der Waals surface area contributed by atoms with Crippen LogP contribution in [0.15, 0.2) is 18.2 Å². The fraction of sp³-hybridized carbons (Fsp3) is 0.600. The third-order valence-electron chi connectivity index (χ3n) is 6.68. The van der Waals surface area contributed by atoms with Gasteiger partial charge in [-0.15, -0.1) is 0 Å². The molecule has 164 valence electrons. The highest BCUT2D eigenvalue weighted by atomic mass is 19.4. The highest BCUT2D eigenvalue weighted by Gasteiger charge is 2.76. The van der Waals surface area contributed by atoms with Gasteiger partial charge in [0.05, 0.1) is 12.2 Å². The summed E-state index contributed by atoms with van der Waals surface area (Å²) in [6.45, 7) is 2.80. The second-order valence-electron chi connectivity index (χ2n) is 7.98. The Bertz CT molecular complexity index is 854. The number of hydrogen-bond acceptors (Lipinski definition) is 4. The molecule has 0 bridgehead atoms. The summed E-state index contributed by atoms with van der Waals surface area (Å²) in [5.74, 6) is -2.10. The molecule has 1 aromatic carbocycles. The molecule has 2 saturated carbocycles. The number of nitrogens with zero attached hydrogens (tertiary/aromatic N) is 1. The summed E-state index contributed by atoms with van der Waals surface area (Å²) < 4.78 is 56.8. The number of amides is 2. The molecule has 4 atom stereocenters. The lowest BCUT2D eigenvalue weighted by Gasteiger charge is -2.79. The molecule has 1 aliphatic heterocycles.